The molecule has 154 valence electrons. The number of aromatic nitrogens is 4. The van der Waals surface area contributed by atoms with Crippen LogP contribution in [0, 0.1) is 6.92 Å². The summed E-state index contributed by atoms with van der Waals surface area (Å²) in [6, 6.07) is 3.82. The molecule has 1 N–H and O–H groups in total. The molecular weight excluding hydrogens is 410 g/mol. The first-order valence-electron chi connectivity index (χ1n) is 9.64. The quantitative estimate of drug-likeness (QED) is 0.683. The molecule has 3 aromatic rings. The fraction of sp³-hybridized carbons (Fsp3) is 0.450. The van der Waals surface area contributed by atoms with Crippen LogP contribution in [-0.2, 0) is 20.6 Å². The molecule has 0 unspecified atom stereocenters. The lowest BCUT2D eigenvalue weighted by Crippen LogP contribution is -2.40. The van der Waals surface area contributed by atoms with E-state index in [-0.39, 0.29) is 17.8 Å². The van der Waals surface area contributed by atoms with Gasteiger partial charge in [-0.15, -0.1) is 11.8 Å². The molecule has 0 radical (unpaired) electrons. The smallest absolute Gasteiger partial charge is 0.328 e. The summed E-state index contributed by atoms with van der Waals surface area (Å²) < 4.78 is 4.36. The van der Waals surface area contributed by atoms with Crippen molar-refractivity contribution in [2.24, 2.45) is 14.1 Å². The molecule has 0 spiro atoms. The summed E-state index contributed by atoms with van der Waals surface area (Å²) in [6.07, 6.45) is 3.74. The molecule has 7 nitrogen and oxygen atoms in total. The van der Waals surface area contributed by atoms with E-state index < -0.39 is 0 Å². The predicted octanol–water partition coefficient (Wildman–Crippen LogP) is 2.29. The van der Waals surface area contributed by atoms with E-state index in [9.17, 15) is 9.59 Å². The number of imidazole rings is 1. The highest BCUT2D eigenvalue weighted by Gasteiger charge is 2.20. The molecule has 1 aliphatic heterocycles. The average molecular weight is 434 g/mol. The van der Waals surface area contributed by atoms with E-state index in [0.717, 1.165) is 42.0 Å². The van der Waals surface area contributed by atoms with Gasteiger partial charge in [0.2, 0.25) is 0 Å². The average Bonchev–Trinajstić information content (AvgIpc) is 3.08. The number of thioether (sulfide) groups is 1. The Labute approximate surface area is 177 Å². The van der Waals surface area contributed by atoms with E-state index in [1.54, 1.807) is 25.0 Å². The van der Waals surface area contributed by atoms with Crippen molar-refractivity contribution >= 4 is 34.5 Å². The zero-order chi connectivity index (χ0) is 20.7. The van der Waals surface area contributed by atoms with E-state index in [1.165, 1.54) is 9.13 Å². The monoisotopic (exact) mass is 433 g/mol. The van der Waals surface area contributed by atoms with Gasteiger partial charge in [0.25, 0.3) is 5.56 Å². The molecule has 0 atom stereocenters. The minimum atomic E-state index is -0.378. The topological polar surface area (TPSA) is 73.8 Å². The third-order valence-corrected chi connectivity index (χ3v) is 7.26. The van der Waals surface area contributed by atoms with Gasteiger partial charge in [0.1, 0.15) is 0 Å². The van der Waals surface area contributed by atoms with Gasteiger partial charge in [-0.25, -0.2) is 9.78 Å². The summed E-state index contributed by atoms with van der Waals surface area (Å²) in [4.78, 5) is 31.3. The summed E-state index contributed by atoms with van der Waals surface area (Å²) >= 11 is 8.17. The molecule has 1 saturated heterocycles. The highest BCUT2D eigenvalue weighted by Crippen LogP contribution is 2.35. The lowest BCUT2D eigenvalue weighted by atomic mass is 10.1. The van der Waals surface area contributed by atoms with Crippen molar-refractivity contribution in [2.75, 3.05) is 13.1 Å². The van der Waals surface area contributed by atoms with Crippen LogP contribution in [0.1, 0.15) is 24.0 Å². The standard InChI is InChI=1S/C20H24ClN5O2S/c1-12-8-14(21)9-13(17(12)29-15-4-6-22-7-5-15)10-26-19(27)16-18(23-11-24(16)2)25(3)20(26)28/h8-9,11,15,22H,4-7,10H2,1-3H3. The summed E-state index contributed by atoms with van der Waals surface area (Å²) in [5.41, 5.74) is 2.07. The SMILES string of the molecule is Cc1cc(Cl)cc(Cn2c(=O)c3c(ncn3C)n(C)c2=O)c1SC1CCNCC1. The van der Waals surface area contributed by atoms with Crippen molar-refractivity contribution in [3.63, 3.8) is 0 Å². The molecule has 0 bridgehead atoms. The normalized spacial score (nSPS) is 15.3. The zero-order valence-electron chi connectivity index (χ0n) is 16.7. The number of aryl methyl sites for hydroxylation is 3. The molecule has 4 rings (SSSR count). The molecule has 0 saturated carbocycles. The van der Waals surface area contributed by atoms with Crippen LogP contribution in [0.3, 0.4) is 0 Å². The lowest BCUT2D eigenvalue weighted by Gasteiger charge is -2.24. The Morgan fingerprint density at radius 3 is 2.69 bits per heavy atom. The molecule has 1 fully saturated rings. The Morgan fingerprint density at radius 2 is 1.97 bits per heavy atom. The number of halogens is 1. The fourth-order valence-electron chi connectivity index (χ4n) is 3.87. The Morgan fingerprint density at radius 1 is 1.24 bits per heavy atom. The van der Waals surface area contributed by atoms with Crippen LogP contribution in [0.5, 0.6) is 0 Å². The number of hydrogen-bond donors (Lipinski definition) is 1. The van der Waals surface area contributed by atoms with Gasteiger partial charge >= 0.3 is 5.69 Å². The summed E-state index contributed by atoms with van der Waals surface area (Å²) in [5.74, 6) is 0. The second-order valence-electron chi connectivity index (χ2n) is 7.54. The fourth-order valence-corrected chi connectivity index (χ4v) is 5.49. The third-order valence-electron chi connectivity index (χ3n) is 5.42. The zero-order valence-corrected chi connectivity index (χ0v) is 18.3. The van der Waals surface area contributed by atoms with E-state index in [0.29, 0.717) is 21.4 Å². The maximum atomic E-state index is 13.1. The number of nitrogens with one attached hydrogen (secondary N) is 1. The largest absolute Gasteiger partial charge is 0.332 e. The van der Waals surface area contributed by atoms with Crippen molar-refractivity contribution in [1.29, 1.82) is 0 Å². The summed E-state index contributed by atoms with van der Waals surface area (Å²) in [7, 11) is 3.40. The second-order valence-corrected chi connectivity index (χ2v) is 9.29. The maximum Gasteiger partial charge on any atom is 0.332 e. The van der Waals surface area contributed by atoms with Crippen LogP contribution >= 0.6 is 23.4 Å². The summed E-state index contributed by atoms with van der Waals surface area (Å²) in [5, 5.41) is 4.51. The molecule has 0 aliphatic carbocycles. The van der Waals surface area contributed by atoms with Crippen LogP contribution in [0.4, 0.5) is 0 Å². The van der Waals surface area contributed by atoms with Gasteiger partial charge in [-0.05, 0) is 56.1 Å². The van der Waals surface area contributed by atoms with Crippen molar-refractivity contribution in [1.82, 2.24) is 24.0 Å². The van der Waals surface area contributed by atoms with Crippen molar-refractivity contribution in [3.05, 3.63) is 55.4 Å². The number of hydrogen-bond acceptors (Lipinski definition) is 5. The maximum absolute atomic E-state index is 13.1. The molecule has 1 aliphatic rings. The molecule has 0 amide bonds. The first-order valence-corrected chi connectivity index (χ1v) is 10.9. The van der Waals surface area contributed by atoms with Crippen LogP contribution in [0.25, 0.3) is 11.2 Å². The van der Waals surface area contributed by atoms with E-state index in [4.69, 9.17) is 11.6 Å². The van der Waals surface area contributed by atoms with Crippen LogP contribution in [0.2, 0.25) is 5.02 Å². The first-order chi connectivity index (χ1) is 13.9. The molecule has 3 heterocycles. The van der Waals surface area contributed by atoms with Gasteiger partial charge in [0.05, 0.1) is 12.9 Å². The number of piperidine rings is 1. The van der Waals surface area contributed by atoms with Gasteiger partial charge in [-0.1, -0.05) is 11.6 Å². The minimum absolute atomic E-state index is 0.182. The van der Waals surface area contributed by atoms with Crippen molar-refractivity contribution < 1.29 is 0 Å². The lowest BCUT2D eigenvalue weighted by molar-refractivity contribution is 0.531. The third kappa shape index (κ3) is 3.76. The van der Waals surface area contributed by atoms with Crippen molar-refractivity contribution in [3.8, 4) is 0 Å². The Kier molecular flexibility index (Phi) is 5.59. The van der Waals surface area contributed by atoms with E-state index in [2.05, 4.69) is 10.3 Å². The predicted molar refractivity (Wildman–Crippen MR) is 117 cm³/mol. The number of benzene rings is 1. The molecule has 29 heavy (non-hydrogen) atoms. The molecule has 1 aromatic carbocycles. The van der Waals surface area contributed by atoms with Gasteiger partial charge in [0.15, 0.2) is 11.2 Å². The van der Waals surface area contributed by atoms with E-state index >= 15 is 0 Å². The molecule has 9 heteroatoms. The molecular formula is C20H24ClN5O2S. The van der Waals surface area contributed by atoms with Crippen LogP contribution in [-0.4, -0.2) is 37.0 Å². The van der Waals surface area contributed by atoms with Crippen LogP contribution < -0.4 is 16.6 Å². The highest BCUT2D eigenvalue weighted by molar-refractivity contribution is 8.00. The van der Waals surface area contributed by atoms with Gasteiger partial charge in [0, 0.05) is 29.3 Å². The van der Waals surface area contributed by atoms with Gasteiger partial charge in [-0.3, -0.25) is 13.9 Å². The number of fused-ring (bicyclic) bond motifs is 1. The van der Waals surface area contributed by atoms with E-state index in [1.807, 2.05) is 30.8 Å². The van der Waals surface area contributed by atoms with Gasteiger partial charge < -0.3 is 9.88 Å². The summed E-state index contributed by atoms with van der Waals surface area (Å²) in [6.45, 7) is 4.24. The Hall–Kier alpha value is -2.03. The number of rotatable bonds is 4. The second kappa shape index (κ2) is 8.01. The number of nitrogens with zero attached hydrogens (tertiary/aromatic N) is 4. The van der Waals surface area contributed by atoms with Crippen LogP contribution in [0.15, 0.2) is 32.9 Å². The Bertz CT molecular complexity index is 1190. The van der Waals surface area contributed by atoms with Crippen molar-refractivity contribution in [2.45, 2.75) is 36.5 Å². The molecule has 2 aromatic heterocycles. The minimum Gasteiger partial charge on any atom is -0.328 e. The Balaban J connectivity index is 1.81. The first kappa shape index (κ1) is 20.3. The highest BCUT2D eigenvalue weighted by atomic mass is 35.5. The van der Waals surface area contributed by atoms with Gasteiger partial charge in [-0.2, -0.15) is 0 Å².